The zero-order valence-corrected chi connectivity index (χ0v) is 13.6. The molecule has 0 spiro atoms. The maximum absolute atomic E-state index is 12.0. The van der Waals surface area contributed by atoms with Gasteiger partial charge >= 0.3 is 0 Å². The van der Waals surface area contributed by atoms with Gasteiger partial charge in [0.05, 0.1) is 16.3 Å². The van der Waals surface area contributed by atoms with Gasteiger partial charge in [0, 0.05) is 43.4 Å². The number of sulfonamides is 1. The fraction of sp³-hybridized carbons (Fsp3) is 0.500. The van der Waals surface area contributed by atoms with Crippen LogP contribution in [0.1, 0.15) is 6.42 Å². The lowest BCUT2D eigenvalue weighted by Gasteiger charge is -2.14. The van der Waals surface area contributed by atoms with Crippen LogP contribution in [0.25, 0.3) is 0 Å². The summed E-state index contributed by atoms with van der Waals surface area (Å²) in [6.07, 6.45) is 2.38. The molecule has 0 aromatic heterocycles. The molecule has 1 atom stereocenters. The normalized spacial score (nSPS) is 13.4. The average molecular weight is 319 g/mol. The lowest BCUT2D eigenvalue weighted by Crippen LogP contribution is -2.22. The summed E-state index contributed by atoms with van der Waals surface area (Å²) in [6, 6.07) is 4.57. The molecule has 1 aromatic rings. The number of hydrogen-bond donors (Lipinski definition) is 2. The van der Waals surface area contributed by atoms with Crippen molar-refractivity contribution >= 4 is 32.2 Å². The highest BCUT2D eigenvalue weighted by atomic mass is 32.2. The molecule has 0 saturated heterocycles. The van der Waals surface area contributed by atoms with E-state index in [0.717, 1.165) is 10.7 Å². The van der Waals surface area contributed by atoms with E-state index in [4.69, 9.17) is 5.73 Å². The predicted octanol–water partition coefficient (Wildman–Crippen LogP) is 0.700. The number of hydrogen-bond acceptors (Lipinski definition) is 5. The molecule has 0 aliphatic rings. The standard InChI is InChI=1S/C12H21N3O3S2/c1-15(2)20(17,18)10-5-6-11(13)12(9-10)14-7-4-8-19(3)16/h5-6,9,14H,4,7-8,13H2,1-3H3. The Morgan fingerprint density at radius 2 is 2.00 bits per heavy atom. The molecular formula is C12H21N3O3S2. The van der Waals surface area contributed by atoms with Gasteiger partial charge in [-0.1, -0.05) is 0 Å². The number of nitrogens with zero attached hydrogens (tertiary/aromatic N) is 1. The van der Waals surface area contributed by atoms with Crippen LogP contribution in [-0.4, -0.2) is 49.6 Å². The Morgan fingerprint density at radius 1 is 1.35 bits per heavy atom. The summed E-state index contributed by atoms with van der Waals surface area (Å²) in [5.41, 5.74) is 6.88. The number of anilines is 2. The van der Waals surface area contributed by atoms with Crippen LogP contribution in [0.4, 0.5) is 11.4 Å². The molecule has 20 heavy (non-hydrogen) atoms. The van der Waals surface area contributed by atoms with E-state index in [-0.39, 0.29) is 4.90 Å². The molecule has 3 N–H and O–H groups in total. The van der Waals surface area contributed by atoms with Crippen molar-refractivity contribution in [3.8, 4) is 0 Å². The van der Waals surface area contributed by atoms with Crippen LogP contribution in [0.2, 0.25) is 0 Å². The van der Waals surface area contributed by atoms with Gasteiger partial charge in [0.1, 0.15) is 0 Å². The van der Waals surface area contributed by atoms with Gasteiger partial charge in [-0.2, -0.15) is 0 Å². The highest BCUT2D eigenvalue weighted by Gasteiger charge is 2.18. The second kappa shape index (κ2) is 7.05. The second-order valence-electron chi connectivity index (χ2n) is 4.59. The molecule has 8 heteroatoms. The molecule has 0 heterocycles. The van der Waals surface area contributed by atoms with Crippen LogP contribution >= 0.6 is 0 Å². The Hall–Kier alpha value is -1.12. The summed E-state index contributed by atoms with van der Waals surface area (Å²) in [5.74, 6) is 0.600. The lowest BCUT2D eigenvalue weighted by molar-refractivity contribution is 0.521. The molecule has 0 fully saturated rings. The Morgan fingerprint density at radius 3 is 2.55 bits per heavy atom. The van der Waals surface area contributed by atoms with Gasteiger partial charge < -0.3 is 11.1 Å². The number of rotatable bonds is 7. The maximum Gasteiger partial charge on any atom is 0.242 e. The van der Waals surface area contributed by atoms with Crippen molar-refractivity contribution in [1.82, 2.24) is 4.31 Å². The maximum atomic E-state index is 12.0. The van der Waals surface area contributed by atoms with Gasteiger partial charge in [-0.15, -0.1) is 0 Å². The smallest absolute Gasteiger partial charge is 0.242 e. The van der Waals surface area contributed by atoms with E-state index in [9.17, 15) is 12.6 Å². The molecule has 114 valence electrons. The van der Waals surface area contributed by atoms with Crippen molar-refractivity contribution in [2.24, 2.45) is 0 Å². The van der Waals surface area contributed by atoms with Crippen molar-refractivity contribution < 1.29 is 12.6 Å². The van der Waals surface area contributed by atoms with Crippen molar-refractivity contribution in [1.29, 1.82) is 0 Å². The second-order valence-corrected chi connectivity index (χ2v) is 8.30. The van der Waals surface area contributed by atoms with Crippen molar-refractivity contribution in [3.63, 3.8) is 0 Å². The van der Waals surface area contributed by atoms with E-state index in [0.29, 0.717) is 23.7 Å². The number of nitrogens with two attached hydrogens (primary N) is 1. The summed E-state index contributed by atoms with van der Waals surface area (Å²) >= 11 is 0. The molecule has 1 unspecified atom stereocenters. The lowest BCUT2D eigenvalue weighted by atomic mass is 10.2. The van der Waals surface area contributed by atoms with E-state index in [1.54, 1.807) is 12.3 Å². The van der Waals surface area contributed by atoms with Crippen LogP contribution < -0.4 is 11.1 Å². The Kier molecular flexibility index (Phi) is 5.97. The van der Waals surface area contributed by atoms with Crippen LogP contribution in [0.3, 0.4) is 0 Å². The van der Waals surface area contributed by atoms with Crippen molar-refractivity contribution in [2.45, 2.75) is 11.3 Å². The van der Waals surface area contributed by atoms with Gasteiger partial charge in [-0.05, 0) is 24.6 Å². The van der Waals surface area contributed by atoms with E-state index in [1.807, 2.05) is 0 Å². The molecule has 0 saturated carbocycles. The van der Waals surface area contributed by atoms with Gasteiger partial charge in [-0.3, -0.25) is 4.21 Å². The molecule has 6 nitrogen and oxygen atoms in total. The average Bonchev–Trinajstić information content (AvgIpc) is 2.35. The summed E-state index contributed by atoms with van der Waals surface area (Å²) in [5, 5.41) is 3.08. The number of nitrogens with one attached hydrogen (secondary N) is 1. The minimum Gasteiger partial charge on any atom is -0.397 e. The summed E-state index contributed by atoms with van der Waals surface area (Å²) < 4.78 is 36.2. The summed E-state index contributed by atoms with van der Waals surface area (Å²) in [6.45, 7) is 0.593. The van der Waals surface area contributed by atoms with Crippen LogP contribution in [0, 0.1) is 0 Å². The third-order valence-electron chi connectivity index (χ3n) is 2.73. The minimum absolute atomic E-state index is 0.193. The van der Waals surface area contributed by atoms with Gasteiger partial charge in [0.2, 0.25) is 10.0 Å². The predicted molar refractivity (Wildman–Crippen MR) is 83.8 cm³/mol. The summed E-state index contributed by atoms with van der Waals surface area (Å²) in [4.78, 5) is 0.193. The highest BCUT2D eigenvalue weighted by molar-refractivity contribution is 7.89. The van der Waals surface area contributed by atoms with E-state index in [1.165, 1.54) is 26.2 Å². The molecular weight excluding hydrogens is 298 g/mol. The topological polar surface area (TPSA) is 92.5 Å². The van der Waals surface area contributed by atoms with Crippen LogP contribution in [0.5, 0.6) is 0 Å². The first-order valence-electron chi connectivity index (χ1n) is 6.11. The monoisotopic (exact) mass is 319 g/mol. The van der Waals surface area contributed by atoms with E-state index >= 15 is 0 Å². The van der Waals surface area contributed by atoms with Crippen LogP contribution in [0.15, 0.2) is 23.1 Å². The SMILES string of the molecule is CN(C)S(=O)(=O)c1ccc(N)c(NCCCS(C)=O)c1. The molecule has 1 aromatic carbocycles. The van der Waals surface area contributed by atoms with E-state index < -0.39 is 20.8 Å². The third kappa shape index (κ3) is 4.46. The molecule has 1 rings (SSSR count). The quantitative estimate of drug-likeness (QED) is 0.570. The molecule has 0 aliphatic heterocycles. The van der Waals surface area contributed by atoms with Crippen LogP contribution in [-0.2, 0) is 20.8 Å². The number of nitrogen functional groups attached to an aromatic ring is 1. The Labute approximate surface area is 122 Å². The van der Waals surface area contributed by atoms with Crippen molar-refractivity contribution in [2.75, 3.05) is 43.7 Å². The third-order valence-corrected chi connectivity index (χ3v) is 5.40. The van der Waals surface area contributed by atoms with Gasteiger partial charge in [0.25, 0.3) is 0 Å². The Bertz CT molecular complexity index is 586. The number of benzene rings is 1. The fourth-order valence-corrected chi connectivity index (χ4v) is 3.04. The minimum atomic E-state index is -3.47. The van der Waals surface area contributed by atoms with Gasteiger partial charge in [0.15, 0.2) is 0 Å². The first kappa shape index (κ1) is 16.9. The fourth-order valence-electron chi connectivity index (χ4n) is 1.56. The molecule has 0 aliphatic carbocycles. The summed E-state index contributed by atoms with van der Waals surface area (Å²) in [7, 11) is -1.34. The largest absolute Gasteiger partial charge is 0.397 e. The highest BCUT2D eigenvalue weighted by Crippen LogP contribution is 2.24. The van der Waals surface area contributed by atoms with E-state index in [2.05, 4.69) is 5.32 Å². The molecule has 0 amide bonds. The van der Waals surface area contributed by atoms with Gasteiger partial charge in [-0.25, -0.2) is 12.7 Å². The molecule has 0 radical (unpaired) electrons. The first-order valence-corrected chi connectivity index (χ1v) is 9.28. The first-order chi connectivity index (χ1) is 9.25. The zero-order valence-electron chi connectivity index (χ0n) is 11.9. The molecule has 0 bridgehead atoms. The Balaban J connectivity index is 2.85. The van der Waals surface area contributed by atoms with Crippen molar-refractivity contribution in [3.05, 3.63) is 18.2 Å². The zero-order chi connectivity index (χ0) is 15.3.